The van der Waals surface area contributed by atoms with Crippen molar-refractivity contribution in [3.8, 4) is 0 Å². The number of carboxylic acids is 1. The van der Waals surface area contributed by atoms with E-state index in [4.69, 9.17) is 10.8 Å². The smallest absolute Gasteiger partial charge is 0.321 e. The molecule has 1 aromatic carbocycles. The van der Waals surface area contributed by atoms with Crippen LogP contribution in [-0.2, 0) is 11.2 Å². The summed E-state index contributed by atoms with van der Waals surface area (Å²) in [6, 6.07) is 5.37. The Morgan fingerprint density at radius 1 is 1.56 bits per heavy atom. The normalized spacial score (nSPS) is 12.7. The fourth-order valence-corrected chi connectivity index (χ4v) is 2.13. The number of aliphatic carboxylic acids is 1. The maximum absolute atomic E-state index is 10.6. The molecule has 0 aliphatic rings. The summed E-state index contributed by atoms with van der Waals surface area (Å²) in [6.45, 7) is 3.23. The number of halogens is 1. The molecule has 3 N–H and O–H groups in total. The van der Waals surface area contributed by atoms with Crippen LogP contribution in [0.15, 0.2) is 22.7 Å². The van der Waals surface area contributed by atoms with Crippen molar-refractivity contribution in [2.75, 3.05) is 20.1 Å². The fourth-order valence-electron chi connectivity index (χ4n) is 1.73. The number of hydrogen-bond acceptors (Lipinski definition) is 3. The van der Waals surface area contributed by atoms with Gasteiger partial charge in [-0.1, -0.05) is 22.0 Å². The zero-order chi connectivity index (χ0) is 13.7. The van der Waals surface area contributed by atoms with Crippen LogP contribution < -0.4 is 5.73 Å². The summed E-state index contributed by atoms with van der Waals surface area (Å²) in [4.78, 5) is 12.6. The molecule has 1 aromatic rings. The van der Waals surface area contributed by atoms with Crippen molar-refractivity contribution in [2.45, 2.75) is 19.4 Å². The molecular weight excluding hydrogens is 296 g/mol. The van der Waals surface area contributed by atoms with E-state index in [9.17, 15) is 4.79 Å². The summed E-state index contributed by atoms with van der Waals surface area (Å²) < 4.78 is 1.06. The zero-order valence-electron chi connectivity index (χ0n) is 10.7. The average molecular weight is 315 g/mol. The number of rotatable bonds is 6. The van der Waals surface area contributed by atoms with Gasteiger partial charge < -0.3 is 15.7 Å². The van der Waals surface area contributed by atoms with Crippen LogP contribution in [0, 0.1) is 6.92 Å². The summed E-state index contributed by atoms with van der Waals surface area (Å²) in [5, 5.41) is 8.74. The van der Waals surface area contributed by atoms with Gasteiger partial charge >= 0.3 is 5.97 Å². The van der Waals surface area contributed by atoms with E-state index in [1.807, 2.05) is 18.0 Å². The number of carbonyl (C=O) groups is 1. The fraction of sp³-hybridized carbons (Fsp3) is 0.462. The molecule has 18 heavy (non-hydrogen) atoms. The Bertz CT molecular complexity index is 423. The quantitative estimate of drug-likeness (QED) is 0.837. The molecule has 0 amide bonds. The Hall–Kier alpha value is -0.910. The highest BCUT2D eigenvalue weighted by Crippen LogP contribution is 2.16. The van der Waals surface area contributed by atoms with Gasteiger partial charge in [-0.15, -0.1) is 0 Å². The molecule has 0 aliphatic heterocycles. The Kier molecular flexibility index (Phi) is 5.78. The molecule has 0 bridgehead atoms. The highest BCUT2D eigenvalue weighted by atomic mass is 79.9. The SMILES string of the molecule is Cc1ccc(Br)cc1CCN(C)CC(N)C(=O)O. The van der Waals surface area contributed by atoms with Gasteiger partial charge in [0.2, 0.25) is 0 Å². The lowest BCUT2D eigenvalue weighted by Gasteiger charge is -2.19. The third-order valence-corrected chi connectivity index (χ3v) is 3.39. The van der Waals surface area contributed by atoms with Gasteiger partial charge in [-0.25, -0.2) is 0 Å². The van der Waals surface area contributed by atoms with Crippen LogP contribution >= 0.6 is 15.9 Å². The predicted molar refractivity (Wildman–Crippen MR) is 75.7 cm³/mol. The van der Waals surface area contributed by atoms with E-state index in [2.05, 4.69) is 35.0 Å². The van der Waals surface area contributed by atoms with Gasteiger partial charge in [0.05, 0.1) is 0 Å². The Labute approximate surface area is 116 Å². The molecule has 0 saturated heterocycles. The molecule has 0 heterocycles. The molecule has 5 heteroatoms. The molecule has 0 fully saturated rings. The van der Waals surface area contributed by atoms with Crippen LogP contribution in [0.2, 0.25) is 0 Å². The number of aryl methyl sites for hydroxylation is 1. The average Bonchev–Trinajstić information content (AvgIpc) is 2.30. The maximum atomic E-state index is 10.6. The summed E-state index contributed by atoms with van der Waals surface area (Å²) in [6.07, 6.45) is 0.883. The Morgan fingerprint density at radius 2 is 2.22 bits per heavy atom. The van der Waals surface area contributed by atoms with Crippen molar-refractivity contribution in [1.29, 1.82) is 0 Å². The van der Waals surface area contributed by atoms with Crippen LogP contribution in [0.5, 0.6) is 0 Å². The number of benzene rings is 1. The minimum absolute atomic E-state index is 0.363. The largest absolute Gasteiger partial charge is 0.480 e. The molecule has 0 spiro atoms. The first-order chi connectivity index (χ1) is 8.40. The van der Waals surface area contributed by atoms with E-state index in [0.29, 0.717) is 6.54 Å². The van der Waals surface area contributed by atoms with Gasteiger partial charge in [-0.2, -0.15) is 0 Å². The number of nitrogens with two attached hydrogens (primary N) is 1. The lowest BCUT2D eigenvalue weighted by atomic mass is 10.1. The molecule has 1 unspecified atom stereocenters. The first-order valence-corrected chi connectivity index (χ1v) is 6.61. The zero-order valence-corrected chi connectivity index (χ0v) is 12.3. The summed E-state index contributed by atoms with van der Waals surface area (Å²) in [5.74, 6) is -0.958. The molecule has 100 valence electrons. The minimum atomic E-state index is -0.958. The van der Waals surface area contributed by atoms with Gasteiger partial charge in [0.15, 0.2) is 0 Å². The molecule has 0 saturated carbocycles. The van der Waals surface area contributed by atoms with Gasteiger partial charge in [-0.05, 0) is 43.7 Å². The van der Waals surface area contributed by atoms with Gasteiger partial charge in [0.1, 0.15) is 6.04 Å². The maximum Gasteiger partial charge on any atom is 0.321 e. The summed E-state index contributed by atoms with van der Waals surface area (Å²) >= 11 is 3.45. The second kappa shape index (κ2) is 6.87. The van der Waals surface area contributed by atoms with Crippen LogP contribution in [0.25, 0.3) is 0 Å². The Morgan fingerprint density at radius 3 is 2.83 bits per heavy atom. The molecule has 0 aromatic heterocycles. The monoisotopic (exact) mass is 314 g/mol. The summed E-state index contributed by atoms with van der Waals surface area (Å²) in [5.41, 5.74) is 8.00. The highest BCUT2D eigenvalue weighted by Gasteiger charge is 2.13. The van der Waals surface area contributed by atoms with Crippen LogP contribution in [0.3, 0.4) is 0 Å². The molecule has 0 radical (unpaired) electrons. The van der Waals surface area contributed by atoms with Crippen LogP contribution in [-0.4, -0.2) is 42.2 Å². The number of hydrogen-bond donors (Lipinski definition) is 2. The van der Waals surface area contributed by atoms with E-state index >= 15 is 0 Å². The van der Waals surface area contributed by atoms with E-state index < -0.39 is 12.0 Å². The molecule has 1 rings (SSSR count). The molecule has 1 atom stereocenters. The highest BCUT2D eigenvalue weighted by molar-refractivity contribution is 9.10. The van der Waals surface area contributed by atoms with E-state index in [1.165, 1.54) is 11.1 Å². The molecule has 4 nitrogen and oxygen atoms in total. The molecule has 0 aliphatic carbocycles. The van der Waals surface area contributed by atoms with Gasteiger partial charge in [0, 0.05) is 17.6 Å². The Balaban J connectivity index is 2.49. The topological polar surface area (TPSA) is 66.6 Å². The minimum Gasteiger partial charge on any atom is -0.480 e. The van der Waals surface area contributed by atoms with Crippen molar-refractivity contribution in [3.63, 3.8) is 0 Å². The van der Waals surface area contributed by atoms with E-state index in [-0.39, 0.29) is 0 Å². The molecular formula is C13H19BrN2O2. The summed E-state index contributed by atoms with van der Waals surface area (Å²) in [7, 11) is 1.89. The van der Waals surface area contributed by atoms with Crippen molar-refractivity contribution in [2.24, 2.45) is 5.73 Å². The number of likely N-dealkylation sites (N-methyl/N-ethyl adjacent to an activating group) is 1. The number of carboxylic acid groups (broad SMARTS) is 1. The predicted octanol–water partition coefficient (Wildman–Crippen LogP) is 1.64. The van der Waals surface area contributed by atoms with Gasteiger partial charge in [0.25, 0.3) is 0 Å². The third kappa shape index (κ3) is 4.76. The van der Waals surface area contributed by atoms with Crippen LogP contribution in [0.1, 0.15) is 11.1 Å². The van der Waals surface area contributed by atoms with Crippen molar-refractivity contribution < 1.29 is 9.90 Å². The first kappa shape index (κ1) is 15.1. The second-order valence-electron chi connectivity index (χ2n) is 4.53. The standard InChI is InChI=1S/C13H19BrN2O2/c1-9-3-4-11(14)7-10(9)5-6-16(2)8-12(15)13(17)18/h3-4,7,12H,5-6,8,15H2,1-2H3,(H,17,18). The first-order valence-electron chi connectivity index (χ1n) is 5.82. The lowest BCUT2D eigenvalue weighted by molar-refractivity contribution is -0.138. The van der Waals surface area contributed by atoms with Crippen molar-refractivity contribution in [1.82, 2.24) is 4.90 Å². The van der Waals surface area contributed by atoms with E-state index in [1.54, 1.807) is 0 Å². The lowest BCUT2D eigenvalue weighted by Crippen LogP contribution is -2.41. The van der Waals surface area contributed by atoms with Crippen molar-refractivity contribution >= 4 is 21.9 Å². The number of nitrogens with zero attached hydrogens (tertiary/aromatic N) is 1. The second-order valence-corrected chi connectivity index (χ2v) is 5.44. The van der Waals surface area contributed by atoms with Crippen LogP contribution in [0.4, 0.5) is 0 Å². The van der Waals surface area contributed by atoms with Gasteiger partial charge in [-0.3, -0.25) is 4.79 Å². The van der Waals surface area contributed by atoms with E-state index in [0.717, 1.165) is 17.4 Å². The third-order valence-electron chi connectivity index (χ3n) is 2.90. The van der Waals surface area contributed by atoms with Crippen molar-refractivity contribution in [3.05, 3.63) is 33.8 Å².